The molecule has 1 atom stereocenters. The molecular weight excluding hydrogens is 192 g/mol. The predicted molar refractivity (Wildman–Crippen MR) is 60.5 cm³/mol. The topological polar surface area (TPSA) is 92.0 Å². The highest BCUT2D eigenvalue weighted by molar-refractivity contribution is 5.88. The van der Waals surface area contributed by atoms with Crippen LogP contribution in [0.25, 0.3) is 0 Å². The average Bonchev–Trinajstić information content (AvgIpc) is 2.67. The summed E-state index contributed by atoms with van der Waals surface area (Å²) in [5, 5.41) is 2.94. The zero-order valence-corrected chi connectivity index (χ0v) is 8.82. The molecule has 84 valence electrons. The summed E-state index contributed by atoms with van der Waals surface area (Å²) in [6.07, 6.45) is 4.85. The van der Waals surface area contributed by atoms with Gasteiger partial charge in [0.25, 0.3) is 0 Å². The lowest BCUT2D eigenvalue weighted by Crippen LogP contribution is -2.55. The van der Waals surface area contributed by atoms with Crippen LogP contribution in [0.3, 0.4) is 0 Å². The van der Waals surface area contributed by atoms with Crippen LogP contribution < -0.4 is 16.8 Å². The fourth-order valence-electron chi connectivity index (χ4n) is 1.94. The monoisotopic (exact) mass is 210 g/mol. The Kier molecular flexibility index (Phi) is 2.88. The third kappa shape index (κ3) is 2.66. The van der Waals surface area contributed by atoms with E-state index in [2.05, 4.69) is 20.2 Å². The SMILES string of the molecule is NC1=NC(N)(CCN2CCCC2)NC=N1. The number of rotatable bonds is 3. The van der Waals surface area contributed by atoms with Gasteiger partial charge in [-0.1, -0.05) is 0 Å². The molecule has 0 aromatic heterocycles. The number of likely N-dealkylation sites (tertiary alicyclic amines) is 1. The maximum absolute atomic E-state index is 6.03. The van der Waals surface area contributed by atoms with Crippen molar-refractivity contribution in [1.82, 2.24) is 10.2 Å². The van der Waals surface area contributed by atoms with Gasteiger partial charge >= 0.3 is 0 Å². The Morgan fingerprint density at radius 3 is 2.87 bits per heavy atom. The van der Waals surface area contributed by atoms with Crippen molar-refractivity contribution >= 4 is 12.3 Å². The summed E-state index contributed by atoms with van der Waals surface area (Å²) in [5.41, 5.74) is 11.5. The summed E-state index contributed by atoms with van der Waals surface area (Å²) in [6, 6.07) is 0. The van der Waals surface area contributed by atoms with Gasteiger partial charge in [-0.25, -0.2) is 9.98 Å². The second-order valence-corrected chi connectivity index (χ2v) is 4.10. The summed E-state index contributed by atoms with van der Waals surface area (Å²) in [4.78, 5) is 10.3. The van der Waals surface area contributed by atoms with Crippen molar-refractivity contribution in [3.05, 3.63) is 0 Å². The van der Waals surface area contributed by atoms with Gasteiger partial charge in [0.15, 0.2) is 5.79 Å². The van der Waals surface area contributed by atoms with Gasteiger partial charge in [-0.2, -0.15) is 0 Å². The number of aliphatic imine (C=N–C) groups is 2. The number of nitrogens with two attached hydrogens (primary N) is 2. The fraction of sp³-hybridized carbons (Fsp3) is 0.778. The van der Waals surface area contributed by atoms with E-state index in [0.29, 0.717) is 0 Å². The summed E-state index contributed by atoms with van der Waals surface area (Å²) in [7, 11) is 0. The minimum absolute atomic E-state index is 0.248. The van der Waals surface area contributed by atoms with Gasteiger partial charge in [0.05, 0.1) is 6.34 Å². The van der Waals surface area contributed by atoms with Crippen molar-refractivity contribution in [1.29, 1.82) is 0 Å². The van der Waals surface area contributed by atoms with Crippen molar-refractivity contribution < 1.29 is 0 Å². The Morgan fingerprint density at radius 1 is 1.47 bits per heavy atom. The van der Waals surface area contributed by atoms with Crippen LogP contribution >= 0.6 is 0 Å². The van der Waals surface area contributed by atoms with Gasteiger partial charge in [0, 0.05) is 13.0 Å². The Bertz CT molecular complexity index is 280. The Morgan fingerprint density at radius 2 is 2.20 bits per heavy atom. The number of nitrogens with one attached hydrogen (secondary N) is 1. The highest BCUT2D eigenvalue weighted by Gasteiger charge is 2.26. The van der Waals surface area contributed by atoms with E-state index in [0.717, 1.165) is 13.0 Å². The summed E-state index contributed by atoms with van der Waals surface area (Å²) in [5.74, 6) is -0.522. The van der Waals surface area contributed by atoms with Crippen LogP contribution in [0.5, 0.6) is 0 Å². The van der Waals surface area contributed by atoms with Crippen LogP contribution in [-0.4, -0.2) is 42.6 Å². The van der Waals surface area contributed by atoms with Crippen LogP contribution in [-0.2, 0) is 0 Å². The summed E-state index contributed by atoms with van der Waals surface area (Å²) < 4.78 is 0. The first-order valence-electron chi connectivity index (χ1n) is 5.35. The van der Waals surface area contributed by atoms with Crippen molar-refractivity contribution in [2.75, 3.05) is 19.6 Å². The lowest BCUT2D eigenvalue weighted by Gasteiger charge is -2.29. The first-order chi connectivity index (χ1) is 7.18. The molecule has 0 bridgehead atoms. The first-order valence-corrected chi connectivity index (χ1v) is 5.35. The van der Waals surface area contributed by atoms with Crippen molar-refractivity contribution in [2.24, 2.45) is 21.5 Å². The van der Waals surface area contributed by atoms with Crippen LogP contribution in [0.4, 0.5) is 0 Å². The molecule has 5 N–H and O–H groups in total. The molecular formula is C9H18N6. The summed E-state index contributed by atoms with van der Waals surface area (Å²) in [6.45, 7) is 3.29. The van der Waals surface area contributed by atoms with E-state index in [9.17, 15) is 0 Å². The maximum atomic E-state index is 6.03. The second-order valence-electron chi connectivity index (χ2n) is 4.10. The Balaban J connectivity index is 1.85. The Labute approximate surface area is 89.4 Å². The molecule has 1 fully saturated rings. The molecule has 2 heterocycles. The third-order valence-electron chi connectivity index (χ3n) is 2.83. The largest absolute Gasteiger partial charge is 0.368 e. The lowest BCUT2D eigenvalue weighted by molar-refractivity contribution is 0.272. The van der Waals surface area contributed by atoms with Crippen LogP contribution in [0.2, 0.25) is 0 Å². The molecule has 6 nitrogen and oxygen atoms in total. The van der Waals surface area contributed by atoms with Gasteiger partial charge in [-0.15, -0.1) is 0 Å². The fourth-order valence-corrected chi connectivity index (χ4v) is 1.94. The maximum Gasteiger partial charge on any atom is 0.220 e. The highest BCUT2D eigenvalue weighted by Crippen LogP contribution is 2.12. The third-order valence-corrected chi connectivity index (χ3v) is 2.83. The van der Waals surface area contributed by atoms with E-state index in [4.69, 9.17) is 11.5 Å². The molecule has 0 radical (unpaired) electrons. The molecule has 0 aliphatic carbocycles. The Hall–Kier alpha value is -1.14. The molecule has 2 aliphatic heterocycles. The molecule has 0 saturated carbocycles. The molecule has 6 heteroatoms. The minimum Gasteiger partial charge on any atom is -0.368 e. The van der Waals surface area contributed by atoms with E-state index < -0.39 is 5.79 Å². The molecule has 1 unspecified atom stereocenters. The molecule has 0 amide bonds. The quantitative estimate of drug-likeness (QED) is 0.559. The van der Waals surface area contributed by atoms with Gasteiger partial charge in [0.1, 0.15) is 0 Å². The van der Waals surface area contributed by atoms with Gasteiger partial charge < -0.3 is 16.0 Å². The minimum atomic E-state index is -0.769. The molecule has 0 spiro atoms. The van der Waals surface area contributed by atoms with Crippen molar-refractivity contribution in [3.8, 4) is 0 Å². The number of hydrogen-bond donors (Lipinski definition) is 3. The zero-order chi connectivity index (χ0) is 10.7. The van der Waals surface area contributed by atoms with E-state index in [1.165, 1.54) is 32.3 Å². The van der Waals surface area contributed by atoms with Crippen LogP contribution in [0.1, 0.15) is 19.3 Å². The van der Waals surface area contributed by atoms with Crippen LogP contribution in [0.15, 0.2) is 9.98 Å². The molecule has 0 aromatic rings. The number of guanidine groups is 1. The van der Waals surface area contributed by atoms with Crippen LogP contribution in [0, 0.1) is 0 Å². The van der Waals surface area contributed by atoms with E-state index in [1.807, 2.05) is 0 Å². The van der Waals surface area contributed by atoms with Gasteiger partial charge in [-0.05, 0) is 25.9 Å². The molecule has 0 aromatic carbocycles. The average molecular weight is 210 g/mol. The van der Waals surface area contributed by atoms with Crippen molar-refractivity contribution in [2.45, 2.75) is 25.0 Å². The predicted octanol–water partition coefficient (Wildman–Crippen LogP) is -0.969. The molecule has 2 rings (SSSR count). The molecule has 15 heavy (non-hydrogen) atoms. The van der Waals surface area contributed by atoms with Gasteiger partial charge in [-0.3, -0.25) is 5.73 Å². The summed E-state index contributed by atoms with van der Waals surface area (Å²) >= 11 is 0. The zero-order valence-electron chi connectivity index (χ0n) is 8.82. The lowest BCUT2D eigenvalue weighted by atomic mass is 10.2. The smallest absolute Gasteiger partial charge is 0.220 e. The second kappa shape index (κ2) is 4.16. The highest BCUT2D eigenvalue weighted by atomic mass is 15.3. The number of hydrogen-bond acceptors (Lipinski definition) is 6. The molecule has 2 aliphatic rings. The number of nitrogens with zero attached hydrogens (tertiary/aromatic N) is 3. The van der Waals surface area contributed by atoms with E-state index >= 15 is 0 Å². The van der Waals surface area contributed by atoms with Crippen molar-refractivity contribution in [3.63, 3.8) is 0 Å². The van der Waals surface area contributed by atoms with E-state index in [-0.39, 0.29) is 5.96 Å². The standard InChI is InChI=1S/C9H18N6/c10-8-12-7-13-9(11,14-8)3-6-15-4-1-2-5-15/h7H,1-6,11H2,(H3,10,12,13,14). The van der Waals surface area contributed by atoms with Gasteiger partial charge in [0.2, 0.25) is 5.96 Å². The van der Waals surface area contributed by atoms with E-state index in [1.54, 1.807) is 0 Å². The first kappa shape index (κ1) is 10.4. The normalized spacial score (nSPS) is 31.4. The molecule has 1 saturated heterocycles.